The molecule has 0 bridgehead atoms. The molecule has 1 rings (SSSR count). The maximum absolute atomic E-state index is 11.0. The summed E-state index contributed by atoms with van der Waals surface area (Å²) in [6.07, 6.45) is 0. The molecule has 0 aliphatic heterocycles. The van der Waals surface area contributed by atoms with Crippen molar-refractivity contribution in [2.75, 3.05) is 0 Å². The van der Waals surface area contributed by atoms with Crippen LogP contribution in [0.1, 0.15) is 21.0 Å². The van der Waals surface area contributed by atoms with Crippen LogP contribution in [0.15, 0.2) is 4.79 Å². The van der Waals surface area contributed by atoms with Gasteiger partial charge in [-0.25, -0.2) is 16.5 Å². The lowest BCUT2D eigenvalue weighted by molar-refractivity contribution is 0.0914. The largest absolute Gasteiger partial charge is 0.324 e. The molecule has 0 aliphatic rings. The molecule has 0 saturated heterocycles. The summed E-state index contributed by atoms with van der Waals surface area (Å²) in [5.41, 5.74) is 2.27. The van der Waals surface area contributed by atoms with E-state index in [4.69, 9.17) is 11.7 Å². The van der Waals surface area contributed by atoms with Crippen molar-refractivity contribution in [3.63, 3.8) is 0 Å². The third kappa shape index (κ3) is 1.62. The normalized spacial score (nSPS) is 9.57. The van der Waals surface area contributed by atoms with E-state index in [0.717, 1.165) is 0 Å². The van der Waals surface area contributed by atoms with Crippen molar-refractivity contribution in [3.8, 4) is 0 Å². The van der Waals surface area contributed by atoms with Crippen LogP contribution in [0, 0.1) is 0 Å². The van der Waals surface area contributed by atoms with E-state index in [9.17, 15) is 14.4 Å². The molecular weight excluding hydrogens is 192 g/mol. The third-order valence-electron chi connectivity index (χ3n) is 1.44. The van der Waals surface area contributed by atoms with Crippen LogP contribution in [0.2, 0.25) is 0 Å². The molecule has 0 spiro atoms. The van der Waals surface area contributed by atoms with Gasteiger partial charge in [0.15, 0.2) is 0 Å². The second-order valence-corrected chi connectivity index (χ2v) is 2.28. The molecule has 0 fully saturated rings. The molecule has 1 aromatic heterocycles. The van der Waals surface area contributed by atoms with Gasteiger partial charge in [-0.15, -0.1) is 0 Å². The van der Waals surface area contributed by atoms with Gasteiger partial charge >= 0.3 is 5.69 Å². The minimum atomic E-state index is -0.804. The van der Waals surface area contributed by atoms with Crippen LogP contribution in [0.25, 0.3) is 0 Å². The van der Waals surface area contributed by atoms with E-state index < -0.39 is 17.5 Å². The number of hydrazine groups is 2. The number of H-pyrrole nitrogens is 2. The number of rotatable bonds is 2. The topological polar surface area (TPSA) is 159 Å². The summed E-state index contributed by atoms with van der Waals surface area (Å²) < 4.78 is 0. The van der Waals surface area contributed by atoms with E-state index in [1.165, 1.54) is 0 Å². The number of hydrogen-bond donors (Lipinski definition) is 6. The Morgan fingerprint density at radius 2 is 1.36 bits per heavy atom. The summed E-state index contributed by atoms with van der Waals surface area (Å²) >= 11 is 0. The minimum absolute atomic E-state index is 0.277. The van der Waals surface area contributed by atoms with Crippen LogP contribution >= 0.6 is 0 Å². The maximum atomic E-state index is 11.0. The van der Waals surface area contributed by atoms with Gasteiger partial charge in [-0.3, -0.25) is 20.4 Å². The fourth-order valence-corrected chi connectivity index (χ4v) is 0.868. The van der Waals surface area contributed by atoms with Gasteiger partial charge in [-0.1, -0.05) is 0 Å². The summed E-state index contributed by atoms with van der Waals surface area (Å²) in [4.78, 5) is 37.0. The Labute approximate surface area is 76.8 Å². The van der Waals surface area contributed by atoms with Crippen molar-refractivity contribution in [1.82, 2.24) is 20.8 Å². The van der Waals surface area contributed by atoms with Gasteiger partial charge in [0.25, 0.3) is 11.8 Å². The van der Waals surface area contributed by atoms with Gasteiger partial charge in [0.05, 0.1) is 0 Å². The molecule has 9 heteroatoms. The van der Waals surface area contributed by atoms with Crippen LogP contribution in [0.5, 0.6) is 0 Å². The van der Waals surface area contributed by atoms with E-state index in [1.807, 2.05) is 0 Å². The van der Waals surface area contributed by atoms with Crippen molar-refractivity contribution < 1.29 is 9.59 Å². The molecule has 0 atom stereocenters. The molecule has 0 saturated carbocycles. The fourth-order valence-electron chi connectivity index (χ4n) is 0.868. The third-order valence-corrected chi connectivity index (χ3v) is 1.44. The molecular formula is C5H8N6O3. The summed E-state index contributed by atoms with van der Waals surface area (Å²) in [6.45, 7) is 0. The van der Waals surface area contributed by atoms with Gasteiger partial charge in [-0.2, -0.15) is 0 Å². The number of carbonyl (C=O) groups is 2. The zero-order valence-corrected chi connectivity index (χ0v) is 6.88. The van der Waals surface area contributed by atoms with Crippen LogP contribution in [0.4, 0.5) is 0 Å². The highest BCUT2D eigenvalue weighted by molar-refractivity contribution is 6.04. The van der Waals surface area contributed by atoms with E-state index in [1.54, 1.807) is 10.9 Å². The standard InChI is InChI=1S/C5H8N6O3/c6-10-3(12)1-2(4(13)11-7)9-5(14)8-1/h6-7H2,(H,10,12)(H,11,13)(H2,8,9,14). The van der Waals surface area contributed by atoms with E-state index in [2.05, 4.69) is 9.97 Å². The van der Waals surface area contributed by atoms with Crippen molar-refractivity contribution in [3.05, 3.63) is 21.9 Å². The Morgan fingerprint density at radius 3 is 1.64 bits per heavy atom. The molecule has 1 aromatic rings. The number of nitrogens with one attached hydrogen (secondary N) is 4. The molecule has 0 radical (unpaired) electrons. The number of hydrogen-bond acceptors (Lipinski definition) is 5. The number of aromatic nitrogens is 2. The molecule has 76 valence electrons. The van der Waals surface area contributed by atoms with Gasteiger partial charge in [0.2, 0.25) is 0 Å². The summed E-state index contributed by atoms with van der Waals surface area (Å²) in [5, 5.41) is 0. The smallest absolute Gasteiger partial charge is 0.301 e. The van der Waals surface area contributed by atoms with Gasteiger partial charge in [0, 0.05) is 0 Å². The second kappa shape index (κ2) is 3.72. The minimum Gasteiger partial charge on any atom is -0.301 e. The Hall–Kier alpha value is -2.13. The van der Waals surface area contributed by atoms with Crippen LogP contribution in [-0.4, -0.2) is 21.8 Å². The zero-order valence-electron chi connectivity index (χ0n) is 6.88. The lowest BCUT2D eigenvalue weighted by atomic mass is 10.3. The summed E-state index contributed by atoms with van der Waals surface area (Å²) in [7, 11) is 0. The lowest BCUT2D eigenvalue weighted by Gasteiger charge is -1.99. The summed E-state index contributed by atoms with van der Waals surface area (Å²) in [5.74, 6) is 8.04. The predicted octanol–water partition coefficient (Wildman–Crippen LogP) is -3.09. The number of imidazole rings is 1. The molecule has 0 unspecified atom stereocenters. The molecule has 0 aliphatic carbocycles. The maximum Gasteiger partial charge on any atom is 0.324 e. The van der Waals surface area contributed by atoms with E-state index in [0.29, 0.717) is 0 Å². The lowest BCUT2D eigenvalue weighted by Crippen LogP contribution is -2.35. The predicted molar refractivity (Wildman–Crippen MR) is 44.7 cm³/mol. The Balaban J connectivity index is 3.22. The quantitative estimate of drug-likeness (QED) is 0.169. The van der Waals surface area contributed by atoms with Crippen LogP contribution < -0.4 is 28.2 Å². The van der Waals surface area contributed by atoms with Crippen LogP contribution in [-0.2, 0) is 0 Å². The number of aromatic amines is 2. The monoisotopic (exact) mass is 200 g/mol. The number of carbonyl (C=O) groups excluding carboxylic acids is 2. The van der Waals surface area contributed by atoms with Crippen molar-refractivity contribution >= 4 is 11.8 Å². The number of nitrogens with two attached hydrogens (primary N) is 2. The Kier molecular flexibility index (Phi) is 2.65. The average molecular weight is 200 g/mol. The number of amides is 2. The van der Waals surface area contributed by atoms with E-state index in [-0.39, 0.29) is 11.4 Å². The van der Waals surface area contributed by atoms with Gasteiger partial charge in [-0.05, 0) is 0 Å². The van der Waals surface area contributed by atoms with Crippen molar-refractivity contribution in [2.24, 2.45) is 11.7 Å². The van der Waals surface area contributed by atoms with Gasteiger partial charge in [0.1, 0.15) is 11.4 Å². The first-order valence-electron chi connectivity index (χ1n) is 3.44. The first kappa shape index (κ1) is 9.95. The SMILES string of the molecule is NNC(=O)c1[nH]c(=O)[nH]c1C(=O)NN. The van der Waals surface area contributed by atoms with Crippen molar-refractivity contribution in [2.45, 2.75) is 0 Å². The summed E-state index contributed by atoms with van der Waals surface area (Å²) in [6, 6.07) is 0. The Bertz CT molecular complexity index is 381. The van der Waals surface area contributed by atoms with Gasteiger partial charge < -0.3 is 9.97 Å². The highest BCUT2D eigenvalue weighted by atomic mass is 16.2. The van der Waals surface area contributed by atoms with Crippen molar-refractivity contribution in [1.29, 1.82) is 0 Å². The first-order chi connectivity index (χ1) is 6.60. The highest BCUT2D eigenvalue weighted by Gasteiger charge is 2.19. The average Bonchev–Trinajstić information content (AvgIpc) is 2.58. The molecule has 1 heterocycles. The zero-order chi connectivity index (χ0) is 10.7. The molecule has 9 nitrogen and oxygen atoms in total. The van der Waals surface area contributed by atoms with E-state index >= 15 is 0 Å². The molecule has 0 aromatic carbocycles. The van der Waals surface area contributed by atoms with Crippen LogP contribution in [0.3, 0.4) is 0 Å². The molecule has 14 heavy (non-hydrogen) atoms. The number of nitrogen functional groups attached to an aromatic ring is 2. The molecule has 2 amide bonds. The first-order valence-corrected chi connectivity index (χ1v) is 3.44. The highest BCUT2D eigenvalue weighted by Crippen LogP contribution is 1.98. The fraction of sp³-hybridized carbons (Fsp3) is 0. The second-order valence-electron chi connectivity index (χ2n) is 2.28. The molecule has 8 N–H and O–H groups in total. The Morgan fingerprint density at radius 1 is 1.00 bits per heavy atom.